The summed E-state index contributed by atoms with van der Waals surface area (Å²) >= 11 is 0. The summed E-state index contributed by atoms with van der Waals surface area (Å²) in [4.78, 5) is 44.6. The fourth-order valence-electron chi connectivity index (χ4n) is 5.57. The molecule has 2 amide bonds. The Hall–Kier alpha value is -4.01. The molecule has 5 rings (SSSR count). The van der Waals surface area contributed by atoms with Crippen molar-refractivity contribution in [2.24, 2.45) is 0 Å². The van der Waals surface area contributed by atoms with Crippen LogP contribution in [0.15, 0.2) is 29.2 Å². The number of alkyl halides is 4. The standard InChI is InChI=1S/C29H31F6N5O4/c1-15-13-39(7-6-38(15)2)21-9-20(30)23(16-4-3-5-40(14-16)28(43)44-17-10-29(34,35)11-17)24(31)25(21)37-27(42)19-12-36-22(41)8-18(19)26(32)33/h4,8-9,12,15,17,26H,3,5-7,10-11,13-14H2,1-2H3,(H,36,41)(H,37,42). The van der Waals surface area contributed by atoms with Crippen molar-refractivity contribution in [3.8, 4) is 0 Å². The van der Waals surface area contributed by atoms with Gasteiger partial charge in [-0.05, 0) is 26.0 Å². The van der Waals surface area contributed by atoms with Crippen LogP contribution in [-0.2, 0) is 4.74 Å². The zero-order valence-electron chi connectivity index (χ0n) is 23.9. The molecule has 1 saturated carbocycles. The van der Waals surface area contributed by atoms with E-state index in [2.05, 4.69) is 10.3 Å². The lowest BCUT2D eigenvalue weighted by molar-refractivity contribution is -0.147. The lowest BCUT2D eigenvalue weighted by atomic mass is 9.91. The van der Waals surface area contributed by atoms with E-state index in [1.807, 2.05) is 18.9 Å². The number of halogens is 6. The van der Waals surface area contributed by atoms with Crippen LogP contribution in [0.25, 0.3) is 5.57 Å². The van der Waals surface area contributed by atoms with Gasteiger partial charge in [-0.3, -0.25) is 9.59 Å². The van der Waals surface area contributed by atoms with E-state index in [1.54, 1.807) is 4.90 Å². The van der Waals surface area contributed by atoms with E-state index in [9.17, 15) is 31.9 Å². The van der Waals surface area contributed by atoms with Crippen molar-refractivity contribution < 1.29 is 40.7 Å². The van der Waals surface area contributed by atoms with Gasteiger partial charge in [-0.25, -0.2) is 31.1 Å². The number of rotatable bonds is 6. The Bertz CT molecular complexity index is 1540. The second kappa shape index (κ2) is 12.2. The minimum atomic E-state index is -3.19. The van der Waals surface area contributed by atoms with Crippen molar-refractivity contribution in [1.82, 2.24) is 14.8 Å². The van der Waals surface area contributed by atoms with Crippen LogP contribution in [0.1, 0.15) is 54.1 Å². The number of nitrogens with zero attached hydrogens (tertiary/aromatic N) is 3. The lowest BCUT2D eigenvalue weighted by Gasteiger charge is -2.40. The number of pyridine rings is 1. The maximum atomic E-state index is 16.4. The molecule has 0 spiro atoms. The minimum Gasteiger partial charge on any atom is -0.446 e. The number of H-pyrrole nitrogens is 1. The zero-order chi connectivity index (χ0) is 31.9. The number of benzene rings is 1. The molecule has 2 aromatic rings. The highest BCUT2D eigenvalue weighted by molar-refractivity contribution is 6.07. The van der Waals surface area contributed by atoms with Crippen LogP contribution in [0, 0.1) is 11.6 Å². The molecule has 2 fully saturated rings. The van der Waals surface area contributed by atoms with Crippen molar-refractivity contribution in [2.45, 2.75) is 50.7 Å². The average Bonchev–Trinajstić information content (AvgIpc) is 2.95. The maximum absolute atomic E-state index is 16.4. The Kier molecular flexibility index (Phi) is 8.69. The molecule has 1 saturated heterocycles. The number of aromatic amines is 1. The quantitative estimate of drug-likeness (QED) is 0.438. The summed E-state index contributed by atoms with van der Waals surface area (Å²) in [5.41, 5.74) is -3.31. The number of nitrogens with one attached hydrogen (secondary N) is 2. The number of aromatic nitrogens is 1. The van der Waals surface area contributed by atoms with Crippen LogP contribution in [0.2, 0.25) is 0 Å². The number of anilines is 2. The highest BCUT2D eigenvalue weighted by atomic mass is 19.3. The number of piperazine rings is 1. The Morgan fingerprint density at radius 2 is 1.86 bits per heavy atom. The molecule has 1 aromatic heterocycles. The highest BCUT2D eigenvalue weighted by Gasteiger charge is 2.48. The summed E-state index contributed by atoms with van der Waals surface area (Å²) in [6.07, 6.45) is -3.75. The van der Waals surface area contributed by atoms with Crippen LogP contribution in [0.5, 0.6) is 0 Å². The molecule has 2 N–H and O–H groups in total. The molecule has 44 heavy (non-hydrogen) atoms. The fourth-order valence-corrected chi connectivity index (χ4v) is 5.57. The Labute approximate surface area is 248 Å². The second-order valence-electron chi connectivity index (χ2n) is 11.3. The number of carbonyl (C=O) groups is 2. The molecule has 1 unspecified atom stereocenters. The van der Waals surface area contributed by atoms with E-state index in [-0.39, 0.29) is 36.8 Å². The van der Waals surface area contributed by atoms with Gasteiger partial charge in [-0.2, -0.15) is 0 Å². The van der Waals surface area contributed by atoms with Crippen molar-refractivity contribution in [1.29, 1.82) is 0 Å². The van der Waals surface area contributed by atoms with Crippen LogP contribution in [0.4, 0.5) is 42.5 Å². The highest BCUT2D eigenvalue weighted by Crippen LogP contribution is 2.41. The molecular weight excluding hydrogens is 596 g/mol. The monoisotopic (exact) mass is 627 g/mol. The predicted octanol–water partition coefficient (Wildman–Crippen LogP) is 5.01. The van der Waals surface area contributed by atoms with Gasteiger partial charge in [-0.15, -0.1) is 0 Å². The number of ether oxygens (including phenoxy) is 1. The summed E-state index contributed by atoms with van der Waals surface area (Å²) in [5, 5.41) is 2.33. The largest absolute Gasteiger partial charge is 0.446 e. The summed E-state index contributed by atoms with van der Waals surface area (Å²) in [6, 6.07) is 1.58. The molecular formula is C29H31F6N5O4. The third kappa shape index (κ3) is 6.42. The van der Waals surface area contributed by atoms with Crippen LogP contribution in [0.3, 0.4) is 0 Å². The van der Waals surface area contributed by atoms with E-state index in [1.165, 1.54) is 6.08 Å². The lowest BCUT2D eigenvalue weighted by Crippen LogP contribution is -2.50. The molecule has 9 nitrogen and oxygen atoms in total. The molecule has 3 aliphatic rings. The number of hydrogen-bond acceptors (Lipinski definition) is 6. The Balaban J connectivity index is 1.49. The number of carbonyl (C=O) groups excluding carboxylic acids is 2. The normalized spacial score (nSPS) is 20.8. The van der Waals surface area contributed by atoms with E-state index in [4.69, 9.17) is 4.74 Å². The smallest absolute Gasteiger partial charge is 0.410 e. The van der Waals surface area contributed by atoms with Gasteiger partial charge in [0.25, 0.3) is 18.3 Å². The van der Waals surface area contributed by atoms with Crippen molar-refractivity contribution in [3.05, 3.63) is 63.1 Å². The Morgan fingerprint density at radius 1 is 1.14 bits per heavy atom. The van der Waals surface area contributed by atoms with E-state index >= 15 is 8.78 Å². The van der Waals surface area contributed by atoms with Gasteiger partial charge < -0.3 is 29.7 Å². The first-order valence-corrected chi connectivity index (χ1v) is 14.1. The van der Waals surface area contributed by atoms with Crippen LogP contribution < -0.4 is 15.8 Å². The SMILES string of the molecule is CC1CN(c2cc(F)c(C3=CCCN(C(=O)OC4CC(F)(F)C4)C3)c(F)c2NC(=O)c2c[nH]c(=O)cc2C(F)F)CCN1C. The minimum absolute atomic E-state index is 0.0151. The molecule has 3 heterocycles. The summed E-state index contributed by atoms with van der Waals surface area (Å²) in [5.74, 6) is -6.24. The van der Waals surface area contributed by atoms with Crippen LogP contribution >= 0.6 is 0 Å². The van der Waals surface area contributed by atoms with Gasteiger partial charge >= 0.3 is 6.09 Å². The molecule has 0 bridgehead atoms. The van der Waals surface area contributed by atoms with Gasteiger partial charge in [0.15, 0.2) is 5.82 Å². The number of hydrogen-bond donors (Lipinski definition) is 2. The van der Waals surface area contributed by atoms with E-state index in [0.29, 0.717) is 25.7 Å². The third-order valence-electron chi connectivity index (χ3n) is 8.22. The third-order valence-corrected chi connectivity index (χ3v) is 8.22. The van der Waals surface area contributed by atoms with Crippen molar-refractivity contribution in [2.75, 3.05) is 50.0 Å². The predicted molar refractivity (Wildman–Crippen MR) is 149 cm³/mol. The van der Waals surface area contributed by atoms with Gasteiger partial charge in [-0.1, -0.05) is 6.08 Å². The first-order chi connectivity index (χ1) is 20.7. The molecule has 0 radical (unpaired) electrons. The van der Waals surface area contributed by atoms with Gasteiger partial charge in [0.1, 0.15) is 17.6 Å². The maximum Gasteiger partial charge on any atom is 0.410 e. The molecule has 1 atom stereocenters. The summed E-state index contributed by atoms with van der Waals surface area (Å²) < 4.78 is 91.1. The molecule has 2 aliphatic heterocycles. The van der Waals surface area contributed by atoms with Gasteiger partial charge in [0.2, 0.25) is 5.56 Å². The Morgan fingerprint density at radius 3 is 2.52 bits per heavy atom. The zero-order valence-corrected chi connectivity index (χ0v) is 23.9. The first kappa shape index (κ1) is 31.4. The molecule has 1 aromatic carbocycles. The summed E-state index contributed by atoms with van der Waals surface area (Å²) in [7, 11) is 1.89. The van der Waals surface area contributed by atoms with Gasteiger partial charge in [0.05, 0.1) is 16.8 Å². The molecule has 238 valence electrons. The summed E-state index contributed by atoms with van der Waals surface area (Å²) in [6.45, 7) is 2.93. The van der Waals surface area contributed by atoms with E-state index in [0.717, 1.165) is 17.2 Å². The van der Waals surface area contributed by atoms with E-state index < -0.39 is 82.9 Å². The first-order valence-electron chi connectivity index (χ1n) is 14.1. The second-order valence-corrected chi connectivity index (χ2v) is 11.3. The number of likely N-dealkylation sites (N-methyl/N-ethyl adjacent to an activating group) is 1. The van der Waals surface area contributed by atoms with Gasteiger partial charge in [0, 0.05) is 75.5 Å². The fraction of sp³-hybridized carbons (Fsp3) is 0.483. The number of amides is 2. The van der Waals surface area contributed by atoms with Crippen molar-refractivity contribution in [3.63, 3.8) is 0 Å². The molecule has 1 aliphatic carbocycles. The van der Waals surface area contributed by atoms with Crippen LogP contribution in [-0.4, -0.2) is 84.6 Å². The topological polar surface area (TPSA) is 98.0 Å². The molecule has 15 heteroatoms. The average molecular weight is 628 g/mol. The van der Waals surface area contributed by atoms with Crippen molar-refractivity contribution >= 4 is 28.9 Å².